The van der Waals surface area contributed by atoms with Crippen LogP contribution in [0, 0.1) is 0 Å². The van der Waals surface area contributed by atoms with E-state index in [0.717, 1.165) is 82.6 Å². The molecule has 8 aromatic heterocycles. The molecule has 3 aliphatic carbocycles. The van der Waals surface area contributed by atoms with E-state index in [2.05, 4.69) is 158 Å². The minimum atomic E-state index is 0.644. The first kappa shape index (κ1) is 97.7. The molecule has 15 heteroatoms. The lowest BCUT2D eigenvalue weighted by molar-refractivity contribution is 0.355. The van der Waals surface area contributed by atoms with Crippen molar-refractivity contribution >= 4 is 84.4 Å². The Balaban J connectivity index is 0.000000601. The van der Waals surface area contributed by atoms with Crippen molar-refractivity contribution in [2.75, 3.05) is 6.61 Å². The normalized spacial score (nSPS) is 10.8. The molecule has 3 aliphatic heterocycles. The van der Waals surface area contributed by atoms with Gasteiger partial charge in [0, 0.05) is 66.7 Å². The smallest absolute Gasteiger partial charge is 0.228 e. The van der Waals surface area contributed by atoms with Crippen LogP contribution in [0.5, 0.6) is 5.75 Å². The maximum atomic E-state index is 5.24. The zero-order chi connectivity index (χ0) is 81.8. The number of aryl methyl sites for hydroxylation is 2. The Kier molecular flexibility index (Phi) is 57.9. The Morgan fingerprint density at radius 3 is 1.56 bits per heavy atom. The summed E-state index contributed by atoms with van der Waals surface area (Å²) in [5.41, 5.74) is 20.5. The lowest BCUT2D eigenvalue weighted by Gasteiger charge is -1.93. The number of rotatable bonds is 0. The van der Waals surface area contributed by atoms with Crippen LogP contribution in [0.25, 0.3) is 55.5 Å². The predicted molar refractivity (Wildman–Crippen MR) is 479 cm³/mol. The number of thiazole rings is 1. The Bertz CT molecular complexity index is 4040. The number of para-hydroxylation sites is 5. The van der Waals surface area contributed by atoms with Gasteiger partial charge in [0.15, 0.2) is 12.0 Å². The summed E-state index contributed by atoms with van der Waals surface area (Å²) in [5.74, 6) is 0.956. The number of hydrogen-bond donors (Lipinski definition) is 0. The molecule has 14 nitrogen and oxygen atoms in total. The maximum absolute atomic E-state index is 5.24. The number of nitrogens with zero attached hydrogens (tertiary/aromatic N) is 11. The standard InChI is InChI=1S/C9H7N.2C9H8.C8H9N.C8H7N.C7H7NO.C7H5NO.C7H5NS.C6H5N3.C6H4N2O.10C2H6/c1-2-6-9-8(4-1)5-3-7-10-9;2*1-2-5-9-7-3-6-8(9)4-1;1-3-7-4-2-6-9-8(7)5-1;1-2-4-8-7(3-1)5-6-9-8;1-3-8-5-7-6(1)2-4-9-7;2*1-2-4-7-6(3-1)8-5-9-7;1-2-5-6(7-3-1)4-8-9-5;1-2-9-6-5(1)3-7-4-8-6;10*1-2/h1-7H;2*1-6H,7H2;2,4,6H,1,3,5H2;1-4,6H,5H2;1,3,5H,2,4H2;2*1-5H;1-3H,4H2;1-4H;10*1-2H3. The van der Waals surface area contributed by atoms with E-state index in [0.29, 0.717) is 12.3 Å². The van der Waals surface area contributed by atoms with E-state index in [9.17, 15) is 0 Å². The van der Waals surface area contributed by atoms with E-state index in [1.54, 1.807) is 42.4 Å². The summed E-state index contributed by atoms with van der Waals surface area (Å²) in [6.07, 6.45) is 34.0. The summed E-state index contributed by atoms with van der Waals surface area (Å²) in [4.78, 5) is 36.4. The van der Waals surface area contributed by atoms with Crippen molar-refractivity contribution in [2.24, 2.45) is 15.2 Å². The highest BCUT2D eigenvalue weighted by Gasteiger charge is 2.11. The average molecular weight is 1510 g/mol. The van der Waals surface area contributed by atoms with E-state index in [1.807, 2.05) is 278 Å². The van der Waals surface area contributed by atoms with Crippen LogP contribution in [-0.2, 0) is 45.1 Å². The first-order valence-electron chi connectivity index (χ1n) is 40.1. The first-order valence-corrected chi connectivity index (χ1v) is 40.9. The van der Waals surface area contributed by atoms with Gasteiger partial charge in [0.25, 0.3) is 0 Å². The molecule has 0 bridgehead atoms. The van der Waals surface area contributed by atoms with Gasteiger partial charge in [-0.3, -0.25) is 24.9 Å². The molecule has 0 atom stereocenters. The Hall–Kier alpha value is -11.3. The highest BCUT2D eigenvalue weighted by molar-refractivity contribution is 7.16. The fourth-order valence-electron chi connectivity index (χ4n) is 9.99. The highest BCUT2D eigenvalue weighted by atomic mass is 32.1. The average Bonchev–Trinajstić information content (AvgIpc) is 1.87. The van der Waals surface area contributed by atoms with Gasteiger partial charge in [0.1, 0.15) is 29.8 Å². The fraction of sp³-hybridized carbons (Fsp3) is 0.302. The summed E-state index contributed by atoms with van der Waals surface area (Å²) in [5, 5.41) is 9.82. The second-order valence-corrected chi connectivity index (χ2v) is 21.6. The zero-order valence-electron chi connectivity index (χ0n) is 70.1. The molecule has 0 radical (unpaired) electrons. The summed E-state index contributed by atoms with van der Waals surface area (Å²) in [6, 6.07) is 64.9. The molecule has 11 heterocycles. The van der Waals surface area contributed by atoms with Crippen LogP contribution in [0.4, 0.5) is 11.4 Å². The Morgan fingerprint density at radius 2 is 0.937 bits per heavy atom. The van der Waals surface area contributed by atoms with Crippen molar-refractivity contribution in [3.05, 3.63) is 318 Å². The molecule has 0 amide bonds. The number of benzene rings is 6. The van der Waals surface area contributed by atoms with Gasteiger partial charge in [-0.2, -0.15) is 10.2 Å². The number of oxazole rings is 1. The van der Waals surface area contributed by atoms with E-state index >= 15 is 0 Å². The van der Waals surface area contributed by atoms with Gasteiger partial charge in [-0.15, -0.1) is 11.3 Å². The third-order valence-electron chi connectivity index (χ3n) is 14.6. The molecule has 0 saturated heterocycles. The second-order valence-electron chi connectivity index (χ2n) is 20.7. The number of azo groups is 1. The SMILES string of the molecule is C1=Cc2ccccc2C1.C1=Cc2ccccc2C1.C1=Nc2ccccc2C1.CC.CC.CC.CC.CC.CC.CC.CC.CC.CC.c1cc2c(cn1)OCC2.c1ccc2ncccc2c1.c1ccc2ocnc2c1.c1ccc2scnc2c1.c1cnc2c(c1)CCC2.c1cnc2c(c1)N=NC2.c1ncc2ccoc2n1. The van der Waals surface area contributed by atoms with Gasteiger partial charge < -0.3 is 13.6 Å². The van der Waals surface area contributed by atoms with E-state index in [4.69, 9.17) is 13.6 Å². The summed E-state index contributed by atoms with van der Waals surface area (Å²) in [6.45, 7) is 41.5. The molecule has 0 saturated carbocycles. The van der Waals surface area contributed by atoms with Crippen LogP contribution in [-0.4, -0.2) is 52.7 Å². The molecule has 588 valence electrons. The number of aromatic nitrogens is 8. The molecule has 14 aromatic rings. The minimum absolute atomic E-state index is 0.644. The molecule has 0 fully saturated rings. The van der Waals surface area contributed by atoms with E-state index in [-0.39, 0.29) is 0 Å². The molecule has 6 aliphatic rings. The van der Waals surface area contributed by atoms with Crippen molar-refractivity contribution in [3.63, 3.8) is 0 Å². The lowest BCUT2D eigenvalue weighted by atomic mass is 10.1. The van der Waals surface area contributed by atoms with Gasteiger partial charge in [-0.1, -0.05) is 284 Å². The van der Waals surface area contributed by atoms with Crippen LogP contribution in [0.15, 0.2) is 292 Å². The monoisotopic (exact) mass is 1510 g/mol. The van der Waals surface area contributed by atoms with Gasteiger partial charge in [0.05, 0.1) is 57.1 Å². The fourth-order valence-corrected chi connectivity index (χ4v) is 10.7. The van der Waals surface area contributed by atoms with Crippen molar-refractivity contribution < 1.29 is 13.6 Å². The largest absolute Gasteiger partial charge is 0.491 e. The first-order chi connectivity index (χ1) is 55.2. The number of fused-ring (bicyclic) bond motifs is 10. The maximum Gasteiger partial charge on any atom is 0.228 e. The molecular weight excluding hydrogens is 1390 g/mol. The summed E-state index contributed by atoms with van der Waals surface area (Å²) >= 11 is 1.68. The number of allylic oxidation sites excluding steroid dienone is 2. The predicted octanol–water partition coefficient (Wildman–Crippen LogP) is 28.6. The van der Waals surface area contributed by atoms with Crippen molar-refractivity contribution in [1.82, 2.24) is 39.9 Å². The van der Waals surface area contributed by atoms with Crippen molar-refractivity contribution in [3.8, 4) is 5.75 Å². The summed E-state index contributed by atoms with van der Waals surface area (Å²) < 4.78 is 16.5. The van der Waals surface area contributed by atoms with Gasteiger partial charge in [0.2, 0.25) is 5.71 Å². The molecule has 6 aromatic carbocycles. The number of hydrogen-bond acceptors (Lipinski definition) is 15. The Morgan fingerprint density at radius 1 is 0.378 bits per heavy atom. The van der Waals surface area contributed by atoms with Gasteiger partial charge in [-0.05, 0) is 138 Å². The molecule has 0 spiro atoms. The van der Waals surface area contributed by atoms with Crippen LogP contribution >= 0.6 is 11.3 Å². The van der Waals surface area contributed by atoms with Crippen LogP contribution in [0.1, 0.15) is 195 Å². The molecule has 0 unspecified atom stereocenters. The minimum Gasteiger partial charge on any atom is -0.491 e. The number of pyridine rings is 4. The highest BCUT2D eigenvalue weighted by Crippen LogP contribution is 2.26. The zero-order valence-corrected chi connectivity index (χ0v) is 70.9. The van der Waals surface area contributed by atoms with Gasteiger partial charge >= 0.3 is 0 Å². The van der Waals surface area contributed by atoms with Gasteiger partial charge in [-0.25, -0.2) is 19.9 Å². The topological polar surface area (TPSA) is 176 Å². The second kappa shape index (κ2) is 65.8. The third-order valence-corrected chi connectivity index (χ3v) is 15.4. The van der Waals surface area contributed by atoms with Crippen LogP contribution in [0.3, 0.4) is 0 Å². The van der Waals surface area contributed by atoms with E-state index < -0.39 is 0 Å². The molecular formula is C96H125N11O3S. The number of ether oxygens (including phenoxy) is 1. The van der Waals surface area contributed by atoms with E-state index in [1.165, 1.54) is 86.7 Å². The molecule has 0 N–H and O–H groups in total. The molecule has 111 heavy (non-hydrogen) atoms. The van der Waals surface area contributed by atoms with Crippen LogP contribution < -0.4 is 4.74 Å². The van der Waals surface area contributed by atoms with Crippen molar-refractivity contribution in [1.29, 1.82) is 0 Å². The number of furan rings is 1. The summed E-state index contributed by atoms with van der Waals surface area (Å²) in [7, 11) is 0. The Labute approximate surface area is 669 Å². The third kappa shape index (κ3) is 36.2. The number of aliphatic imine (C=N–C) groups is 1. The van der Waals surface area contributed by atoms with Crippen molar-refractivity contribution in [2.45, 2.75) is 190 Å². The lowest BCUT2D eigenvalue weighted by Crippen LogP contribution is -1.85. The molecule has 20 rings (SSSR count). The van der Waals surface area contributed by atoms with Crippen LogP contribution in [0.2, 0.25) is 0 Å². The quantitative estimate of drug-likeness (QED) is 0.141.